The summed E-state index contributed by atoms with van der Waals surface area (Å²) in [6, 6.07) is 8.04. The average molecular weight is 284 g/mol. The lowest BCUT2D eigenvalue weighted by atomic mass is 10.2. The summed E-state index contributed by atoms with van der Waals surface area (Å²) in [6.07, 6.45) is 0. The quantitative estimate of drug-likeness (QED) is 0.884. The van der Waals surface area contributed by atoms with E-state index in [1.165, 1.54) is 19.2 Å². The zero-order valence-corrected chi connectivity index (χ0v) is 11.4. The number of aromatic nitrogens is 2. The highest BCUT2D eigenvalue weighted by Gasteiger charge is 2.12. The third kappa shape index (κ3) is 3.25. The number of nitrogens with zero attached hydrogens (tertiary/aromatic N) is 3. The Morgan fingerprint density at radius 2 is 2.14 bits per heavy atom. The second-order valence-electron chi connectivity index (χ2n) is 4.18. The van der Waals surface area contributed by atoms with Gasteiger partial charge in [0.15, 0.2) is 0 Å². The van der Waals surface area contributed by atoms with Crippen molar-refractivity contribution in [1.29, 1.82) is 5.26 Å². The minimum absolute atomic E-state index is 0.0610. The third-order valence-corrected chi connectivity index (χ3v) is 2.66. The van der Waals surface area contributed by atoms with Crippen LogP contribution in [-0.2, 0) is 0 Å². The Morgan fingerprint density at radius 1 is 1.38 bits per heavy atom. The number of methoxy groups -OCH3 is 1. The Balaban J connectivity index is 2.34. The van der Waals surface area contributed by atoms with Crippen LogP contribution in [0.2, 0.25) is 0 Å². The third-order valence-electron chi connectivity index (χ3n) is 2.66. The number of anilines is 2. The van der Waals surface area contributed by atoms with E-state index in [4.69, 9.17) is 15.1 Å². The van der Waals surface area contributed by atoms with Crippen molar-refractivity contribution >= 4 is 17.6 Å². The lowest BCUT2D eigenvalue weighted by molar-refractivity contribution is 0.0693. The molecule has 0 amide bonds. The van der Waals surface area contributed by atoms with Gasteiger partial charge in [0.1, 0.15) is 23.1 Å². The van der Waals surface area contributed by atoms with E-state index in [1.807, 2.05) is 6.07 Å². The molecule has 1 heterocycles. The van der Waals surface area contributed by atoms with E-state index >= 15 is 0 Å². The number of ether oxygens (including phenoxy) is 1. The van der Waals surface area contributed by atoms with Gasteiger partial charge < -0.3 is 15.2 Å². The molecule has 2 N–H and O–H groups in total. The van der Waals surface area contributed by atoms with Crippen LogP contribution in [-0.4, -0.2) is 28.2 Å². The Labute approximate surface area is 120 Å². The van der Waals surface area contributed by atoms with Crippen molar-refractivity contribution in [2.75, 3.05) is 12.4 Å². The zero-order chi connectivity index (χ0) is 15.4. The Hall–Kier alpha value is -3.14. The van der Waals surface area contributed by atoms with Crippen molar-refractivity contribution in [3.8, 4) is 11.8 Å². The van der Waals surface area contributed by atoms with E-state index in [0.29, 0.717) is 11.4 Å². The molecule has 1 aromatic heterocycles. The molecule has 106 valence electrons. The standard InChI is InChI=1S/C14H12N4O3/c1-8-5-10(7-15)18-14(16-8)17-9-3-4-11(13(19)20)12(6-9)21-2/h3-6H,1-2H3,(H,19,20)(H,16,17,18). The molecule has 0 fully saturated rings. The molecular formula is C14H12N4O3. The molecule has 0 atom stereocenters. The van der Waals surface area contributed by atoms with Gasteiger partial charge in [0.25, 0.3) is 0 Å². The number of aromatic carboxylic acids is 1. The molecule has 7 heteroatoms. The normalized spacial score (nSPS) is 9.76. The average Bonchev–Trinajstić information content (AvgIpc) is 2.46. The van der Waals surface area contributed by atoms with Crippen LogP contribution in [0.25, 0.3) is 0 Å². The summed E-state index contributed by atoms with van der Waals surface area (Å²) in [7, 11) is 1.39. The summed E-state index contributed by atoms with van der Waals surface area (Å²) in [5, 5.41) is 20.8. The Bertz CT molecular complexity index is 737. The van der Waals surface area contributed by atoms with Crippen molar-refractivity contribution in [2.45, 2.75) is 6.92 Å². The fourth-order valence-electron chi connectivity index (χ4n) is 1.76. The molecule has 0 saturated carbocycles. The van der Waals surface area contributed by atoms with Gasteiger partial charge in [-0.15, -0.1) is 0 Å². The maximum atomic E-state index is 11.0. The highest BCUT2D eigenvalue weighted by molar-refractivity contribution is 5.91. The van der Waals surface area contributed by atoms with Crippen LogP contribution in [0.1, 0.15) is 21.7 Å². The fourth-order valence-corrected chi connectivity index (χ4v) is 1.76. The number of aryl methyl sites for hydroxylation is 1. The van der Waals surface area contributed by atoms with E-state index in [1.54, 1.807) is 19.1 Å². The summed E-state index contributed by atoms with van der Waals surface area (Å²) in [6.45, 7) is 1.75. The van der Waals surface area contributed by atoms with Gasteiger partial charge in [0.2, 0.25) is 5.95 Å². The van der Waals surface area contributed by atoms with Crippen LogP contribution >= 0.6 is 0 Å². The van der Waals surface area contributed by atoms with Gasteiger partial charge >= 0.3 is 5.97 Å². The number of carbonyl (C=O) groups is 1. The van der Waals surface area contributed by atoms with Crippen molar-refractivity contribution in [2.24, 2.45) is 0 Å². The predicted molar refractivity (Wildman–Crippen MR) is 74.7 cm³/mol. The molecule has 7 nitrogen and oxygen atoms in total. The molecule has 0 bridgehead atoms. The number of carboxylic acid groups (broad SMARTS) is 1. The van der Waals surface area contributed by atoms with E-state index in [-0.39, 0.29) is 23.0 Å². The summed E-state index contributed by atoms with van der Waals surface area (Å²) in [4.78, 5) is 19.2. The maximum absolute atomic E-state index is 11.0. The van der Waals surface area contributed by atoms with Crippen molar-refractivity contribution in [1.82, 2.24) is 9.97 Å². The minimum atomic E-state index is -1.07. The molecule has 2 rings (SSSR count). The van der Waals surface area contributed by atoms with Gasteiger partial charge in [-0.2, -0.15) is 5.26 Å². The molecule has 21 heavy (non-hydrogen) atoms. The number of carboxylic acids is 1. The molecule has 0 saturated heterocycles. The number of rotatable bonds is 4. The molecule has 2 aromatic rings. The van der Waals surface area contributed by atoms with Crippen LogP contribution < -0.4 is 10.1 Å². The first-order valence-electron chi connectivity index (χ1n) is 5.97. The molecule has 0 aliphatic heterocycles. The van der Waals surface area contributed by atoms with Crippen LogP contribution in [0, 0.1) is 18.3 Å². The largest absolute Gasteiger partial charge is 0.496 e. The number of hydrogen-bond donors (Lipinski definition) is 2. The summed E-state index contributed by atoms with van der Waals surface area (Å²) in [5.74, 6) is -0.589. The van der Waals surface area contributed by atoms with E-state index in [2.05, 4.69) is 15.3 Å². The van der Waals surface area contributed by atoms with Gasteiger partial charge in [-0.1, -0.05) is 0 Å². The first-order chi connectivity index (χ1) is 10.0. The highest BCUT2D eigenvalue weighted by Crippen LogP contribution is 2.24. The lowest BCUT2D eigenvalue weighted by Gasteiger charge is -2.09. The topological polar surface area (TPSA) is 108 Å². The lowest BCUT2D eigenvalue weighted by Crippen LogP contribution is -2.03. The molecule has 1 aromatic carbocycles. The van der Waals surface area contributed by atoms with E-state index in [0.717, 1.165) is 0 Å². The SMILES string of the molecule is COc1cc(Nc2nc(C)cc(C#N)n2)ccc1C(=O)O. The number of benzene rings is 1. The van der Waals surface area contributed by atoms with Gasteiger partial charge in [-0.25, -0.2) is 14.8 Å². The number of nitrogens with one attached hydrogen (secondary N) is 1. The predicted octanol–water partition coefficient (Wildman–Crippen LogP) is 2.11. The molecule has 0 aliphatic rings. The second kappa shape index (κ2) is 5.88. The van der Waals surface area contributed by atoms with Crippen LogP contribution in [0.5, 0.6) is 5.75 Å². The van der Waals surface area contributed by atoms with Crippen LogP contribution in [0.4, 0.5) is 11.6 Å². The van der Waals surface area contributed by atoms with E-state index in [9.17, 15) is 4.79 Å². The van der Waals surface area contributed by atoms with Gasteiger partial charge in [-0.05, 0) is 25.1 Å². The first-order valence-corrected chi connectivity index (χ1v) is 5.97. The first kappa shape index (κ1) is 14.3. The Kier molecular flexibility index (Phi) is 4.00. The molecule has 0 spiro atoms. The maximum Gasteiger partial charge on any atom is 0.339 e. The van der Waals surface area contributed by atoms with Crippen molar-refractivity contribution in [3.63, 3.8) is 0 Å². The summed E-state index contributed by atoms with van der Waals surface area (Å²) in [5.41, 5.74) is 1.52. The molecule has 0 aliphatic carbocycles. The number of nitriles is 1. The highest BCUT2D eigenvalue weighted by atomic mass is 16.5. The van der Waals surface area contributed by atoms with Gasteiger partial charge in [0, 0.05) is 17.4 Å². The van der Waals surface area contributed by atoms with Crippen molar-refractivity contribution < 1.29 is 14.6 Å². The molecule has 0 unspecified atom stereocenters. The van der Waals surface area contributed by atoms with Gasteiger partial charge in [0.05, 0.1) is 7.11 Å². The summed E-state index contributed by atoms with van der Waals surface area (Å²) >= 11 is 0. The summed E-state index contributed by atoms with van der Waals surface area (Å²) < 4.78 is 5.04. The minimum Gasteiger partial charge on any atom is -0.496 e. The monoisotopic (exact) mass is 284 g/mol. The van der Waals surface area contributed by atoms with E-state index < -0.39 is 5.97 Å². The Morgan fingerprint density at radius 3 is 2.76 bits per heavy atom. The van der Waals surface area contributed by atoms with Crippen LogP contribution in [0.15, 0.2) is 24.3 Å². The van der Waals surface area contributed by atoms with Gasteiger partial charge in [-0.3, -0.25) is 0 Å². The van der Waals surface area contributed by atoms with Crippen LogP contribution in [0.3, 0.4) is 0 Å². The second-order valence-corrected chi connectivity index (χ2v) is 4.18. The molecule has 0 radical (unpaired) electrons. The zero-order valence-electron chi connectivity index (χ0n) is 11.4. The van der Waals surface area contributed by atoms with Crippen molar-refractivity contribution in [3.05, 3.63) is 41.2 Å². The molecular weight excluding hydrogens is 272 g/mol. The number of hydrogen-bond acceptors (Lipinski definition) is 6. The fraction of sp³-hybridized carbons (Fsp3) is 0.143. The smallest absolute Gasteiger partial charge is 0.339 e.